The van der Waals surface area contributed by atoms with Crippen LogP contribution < -0.4 is 10.1 Å². The first kappa shape index (κ1) is 18.4. The number of nitrogens with zero attached hydrogens (tertiary/aromatic N) is 2. The number of rotatable bonds is 8. The van der Waals surface area contributed by atoms with Gasteiger partial charge in [0.15, 0.2) is 12.2 Å². The lowest BCUT2D eigenvalue weighted by Crippen LogP contribution is -2.46. The van der Waals surface area contributed by atoms with Gasteiger partial charge in [-0.3, -0.25) is 4.79 Å². The fourth-order valence-electron chi connectivity index (χ4n) is 1.77. The number of aromatic nitrogens is 2. The molecule has 25 heavy (non-hydrogen) atoms. The lowest BCUT2D eigenvalue weighted by molar-refractivity contribution is -0.155. The second-order valence-corrected chi connectivity index (χ2v) is 5.53. The van der Waals surface area contributed by atoms with Gasteiger partial charge in [0.25, 0.3) is 5.91 Å². The van der Waals surface area contributed by atoms with Crippen LogP contribution in [0.4, 0.5) is 0 Å². The van der Waals surface area contributed by atoms with Crippen molar-refractivity contribution in [1.29, 1.82) is 0 Å². The number of ether oxygens (including phenoxy) is 1. The minimum atomic E-state index is -2.03. The Labute approximate surface area is 143 Å². The van der Waals surface area contributed by atoms with Gasteiger partial charge >= 0.3 is 5.97 Å². The zero-order valence-electron chi connectivity index (χ0n) is 13.9. The molecule has 0 radical (unpaired) electrons. The maximum Gasteiger partial charge on any atom is 0.337 e. The van der Waals surface area contributed by atoms with Gasteiger partial charge < -0.3 is 24.8 Å². The fourth-order valence-corrected chi connectivity index (χ4v) is 1.77. The van der Waals surface area contributed by atoms with Gasteiger partial charge in [-0.15, -0.1) is 0 Å². The molecule has 2 rings (SSSR count). The number of carboxylic acid groups (broad SMARTS) is 1. The van der Waals surface area contributed by atoms with E-state index in [0.29, 0.717) is 29.4 Å². The maximum atomic E-state index is 12.0. The second-order valence-electron chi connectivity index (χ2n) is 5.53. The largest absolute Gasteiger partial charge is 0.485 e. The molecular weight excluding hydrogens is 330 g/mol. The Bertz CT molecular complexity index is 739. The van der Waals surface area contributed by atoms with E-state index in [9.17, 15) is 14.7 Å². The number of carboxylic acids is 1. The highest BCUT2D eigenvalue weighted by Gasteiger charge is 2.30. The Hall–Kier alpha value is -2.94. The predicted molar refractivity (Wildman–Crippen MR) is 85.0 cm³/mol. The molecule has 1 unspecified atom stereocenters. The van der Waals surface area contributed by atoms with Crippen LogP contribution in [-0.2, 0) is 17.8 Å². The van der Waals surface area contributed by atoms with E-state index in [0.717, 1.165) is 6.92 Å². The molecule has 0 aliphatic rings. The van der Waals surface area contributed by atoms with E-state index in [1.165, 1.54) is 12.1 Å². The van der Waals surface area contributed by atoms with E-state index >= 15 is 0 Å². The second kappa shape index (κ2) is 7.75. The molecule has 0 saturated heterocycles. The van der Waals surface area contributed by atoms with Crippen LogP contribution in [-0.4, -0.2) is 44.4 Å². The van der Waals surface area contributed by atoms with Crippen LogP contribution in [0.15, 0.2) is 28.8 Å². The molecule has 2 aromatic rings. The fraction of sp³-hybridized carbons (Fsp3) is 0.375. The zero-order chi connectivity index (χ0) is 18.4. The standard InChI is InChI=1S/C16H19N3O6/c1-3-13-18-12(19-25-13)8-24-11-6-4-10(5-7-11)14(20)17-9-16(2,23)15(21)22/h4-7,23H,3,8-9H2,1-2H3,(H,17,20)(H,21,22). The summed E-state index contributed by atoms with van der Waals surface area (Å²) in [6, 6.07) is 6.22. The van der Waals surface area contributed by atoms with Crippen LogP contribution in [0.5, 0.6) is 5.75 Å². The third-order valence-corrected chi connectivity index (χ3v) is 3.35. The molecule has 134 valence electrons. The van der Waals surface area contributed by atoms with Crippen molar-refractivity contribution in [2.45, 2.75) is 32.5 Å². The van der Waals surface area contributed by atoms with Crippen molar-refractivity contribution >= 4 is 11.9 Å². The number of benzene rings is 1. The van der Waals surface area contributed by atoms with E-state index in [-0.39, 0.29) is 6.61 Å². The molecule has 1 aromatic heterocycles. The first-order valence-corrected chi connectivity index (χ1v) is 7.60. The minimum Gasteiger partial charge on any atom is -0.485 e. The van der Waals surface area contributed by atoms with E-state index in [1.54, 1.807) is 12.1 Å². The number of aliphatic carboxylic acids is 1. The number of aryl methyl sites for hydroxylation is 1. The van der Waals surface area contributed by atoms with Gasteiger partial charge in [-0.1, -0.05) is 12.1 Å². The van der Waals surface area contributed by atoms with Crippen LogP contribution in [0.2, 0.25) is 0 Å². The SMILES string of the molecule is CCc1nc(COc2ccc(C(=O)NCC(C)(O)C(=O)O)cc2)no1. The smallest absolute Gasteiger partial charge is 0.337 e. The summed E-state index contributed by atoms with van der Waals surface area (Å²) in [7, 11) is 0. The third kappa shape index (κ3) is 5.01. The molecule has 9 heteroatoms. The molecule has 1 atom stereocenters. The third-order valence-electron chi connectivity index (χ3n) is 3.35. The molecular formula is C16H19N3O6. The predicted octanol–water partition coefficient (Wildman–Crippen LogP) is 0.776. The Morgan fingerprint density at radius 1 is 1.32 bits per heavy atom. The van der Waals surface area contributed by atoms with Gasteiger partial charge in [0.1, 0.15) is 5.75 Å². The van der Waals surface area contributed by atoms with Crippen molar-refractivity contribution in [1.82, 2.24) is 15.5 Å². The van der Waals surface area contributed by atoms with E-state index in [4.69, 9.17) is 14.4 Å². The summed E-state index contributed by atoms with van der Waals surface area (Å²) in [5, 5.41) is 24.5. The monoisotopic (exact) mass is 349 g/mol. The molecule has 3 N–H and O–H groups in total. The summed E-state index contributed by atoms with van der Waals surface area (Å²) in [4.78, 5) is 26.9. The molecule has 0 spiro atoms. The van der Waals surface area contributed by atoms with Crippen LogP contribution in [0.3, 0.4) is 0 Å². The Balaban J connectivity index is 1.88. The van der Waals surface area contributed by atoms with Gasteiger partial charge in [-0.05, 0) is 31.2 Å². The quantitative estimate of drug-likeness (QED) is 0.636. The van der Waals surface area contributed by atoms with Crippen molar-refractivity contribution in [3.05, 3.63) is 41.5 Å². The van der Waals surface area contributed by atoms with Crippen molar-refractivity contribution in [2.75, 3.05) is 6.54 Å². The van der Waals surface area contributed by atoms with Crippen LogP contribution in [0.1, 0.15) is 35.9 Å². The summed E-state index contributed by atoms with van der Waals surface area (Å²) in [6.45, 7) is 2.74. The van der Waals surface area contributed by atoms with Crippen molar-refractivity contribution < 1.29 is 29.1 Å². The highest BCUT2D eigenvalue weighted by atomic mass is 16.5. The number of amides is 1. The molecule has 0 bridgehead atoms. The van der Waals surface area contributed by atoms with Crippen molar-refractivity contribution in [3.63, 3.8) is 0 Å². The summed E-state index contributed by atoms with van der Waals surface area (Å²) >= 11 is 0. The van der Waals surface area contributed by atoms with Gasteiger partial charge in [-0.2, -0.15) is 4.98 Å². The normalized spacial score (nSPS) is 13.1. The Kier molecular flexibility index (Phi) is 5.71. The average molecular weight is 349 g/mol. The molecule has 1 heterocycles. The maximum absolute atomic E-state index is 12.0. The topological polar surface area (TPSA) is 135 Å². The number of carbonyl (C=O) groups excluding carboxylic acids is 1. The van der Waals surface area contributed by atoms with Gasteiger partial charge in [0.2, 0.25) is 11.7 Å². The lowest BCUT2D eigenvalue weighted by atomic mass is 10.1. The zero-order valence-corrected chi connectivity index (χ0v) is 13.9. The summed E-state index contributed by atoms with van der Waals surface area (Å²) < 4.78 is 10.5. The minimum absolute atomic E-state index is 0.135. The van der Waals surface area contributed by atoms with E-state index < -0.39 is 24.0 Å². The molecule has 9 nitrogen and oxygen atoms in total. The molecule has 0 aliphatic heterocycles. The van der Waals surface area contributed by atoms with E-state index in [2.05, 4.69) is 15.5 Å². The van der Waals surface area contributed by atoms with Crippen LogP contribution in [0.25, 0.3) is 0 Å². The molecule has 1 amide bonds. The van der Waals surface area contributed by atoms with Crippen LogP contribution >= 0.6 is 0 Å². The number of hydrogen-bond acceptors (Lipinski definition) is 7. The Morgan fingerprint density at radius 3 is 2.56 bits per heavy atom. The summed E-state index contributed by atoms with van der Waals surface area (Å²) in [5.74, 6) is -0.447. The van der Waals surface area contributed by atoms with Gasteiger partial charge in [0.05, 0.1) is 6.54 Å². The molecule has 1 aromatic carbocycles. The molecule has 0 aliphatic carbocycles. The van der Waals surface area contributed by atoms with Crippen molar-refractivity contribution in [2.24, 2.45) is 0 Å². The van der Waals surface area contributed by atoms with Gasteiger partial charge in [-0.25, -0.2) is 4.79 Å². The highest BCUT2D eigenvalue weighted by molar-refractivity contribution is 5.94. The first-order chi connectivity index (χ1) is 11.8. The first-order valence-electron chi connectivity index (χ1n) is 7.60. The number of hydrogen-bond donors (Lipinski definition) is 3. The summed E-state index contributed by atoms with van der Waals surface area (Å²) in [6.07, 6.45) is 0.644. The molecule has 0 saturated carbocycles. The average Bonchev–Trinajstić information content (AvgIpc) is 3.06. The highest BCUT2D eigenvalue weighted by Crippen LogP contribution is 2.14. The lowest BCUT2D eigenvalue weighted by Gasteiger charge is -2.18. The molecule has 0 fully saturated rings. The summed E-state index contributed by atoms with van der Waals surface area (Å²) in [5.41, 5.74) is -1.72. The number of aliphatic hydroxyl groups is 1. The number of carbonyl (C=O) groups is 2. The van der Waals surface area contributed by atoms with Crippen LogP contribution in [0, 0.1) is 0 Å². The van der Waals surface area contributed by atoms with Crippen molar-refractivity contribution in [3.8, 4) is 5.75 Å². The Morgan fingerprint density at radius 2 is 2.00 bits per heavy atom. The van der Waals surface area contributed by atoms with E-state index in [1.807, 2.05) is 6.92 Å². The number of nitrogens with one attached hydrogen (secondary N) is 1. The van der Waals surface area contributed by atoms with Gasteiger partial charge in [0, 0.05) is 12.0 Å².